The van der Waals surface area contributed by atoms with Crippen LogP contribution in [0.1, 0.15) is 24.9 Å². The van der Waals surface area contributed by atoms with Gasteiger partial charge in [-0.05, 0) is 55.0 Å². The van der Waals surface area contributed by atoms with Gasteiger partial charge in [0.05, 0.1) is 0 Å². The van der Waals surface area contributed by atoms with Crippen molar-refractivity contribution in [3.05, 3.63) is 77.5 Å². The van der Waals surface area contributed by atoms with Gasteiger partial charge in [-0.15, -0.1) is 0 Å². The van der Waals surface area contributed by atoms with Gasteiger partial charge in [0, 0.05) is 25.4 Å². The van der Waals surface area contributed by atoms with Crippen molar-refractivity contribution in [2.24, 2.45) is 7.05 Å². The molecule has 0 aliphatic rings. The average Bonchev–Trinajstić information content (AvgIpc) is 2.61. The monoisotopic (exact) mass is 294 g/mol. The maximum Gasteiger partial charge on any atom is 0.212 e. The van der Waals surface area contributed by atoms with Crippen LogP contribution >= 0.6 is 0 Å². The van der Waals surface area contributed by atoms with Crippen molar-refractivity contribution >= 4 is 0 Å². The molecule has 0 fully saturated rings. The van der Waals surface area contributed by atoms with E-state index in [0.717, 1.165) is 22.4 Å². The molecular formula is C21H22N+. The van der Waals surface area contributed by atoms with Crippen molar-refractivity contribution < 1.29 is 12.8 Å². The lowest BCUT2D eigenvalue weighted by Gasteiger charge is -2.10. The van der Waals surface area contributed by atoms with Crippen LogP contribution < -0.4 is 4.57 Å². The maximum atomic E-state index is 7.82. The summed E-state index contributed by atoms with van der Waals surface area (Å²) in [5, 5.41) is 0. The molecule has 3 rings (SSSR count). The molecule has 0 saturated heterocycles. The summed E-state index contributed by atoms with van der Waals surface area (Å²) < 4.78 is 48.0. The lowest BCUT2D eigenvalue weighted by Crippen LogP contribution is -2.31. The number of nitrogens with zero attached hydrogens (tertiary/aromatic N) is 1. The molecule has 3 aromatic rings. The smallest absolute Gasteiger partial charge is 0.201 e. The number of aromatic nitrogens is 1. The van der Waals surface area contributed by atoms with Crippen LogP contribution in [0.5, 0.6) is 0 Å². The molecule has 0 radical (unpaired) electrons. The summed E-state index contributed by atoms with van der Waals surface area (Å²) in [7, 11) is 1.81. The molecule has 1 heteroatoms. The predicted octanol–water partition coefficient (Wildman–Crippen LogP) is 4.77. The van der Waals surface area contributed by atoms with Crippen molar-refractivity contribution in [3.8, 4) is 22.4 Å². The van der Waals surface area contributed by atoms with Gasteiger partial charge in [0.1, 0.15) is 7.05 Å². The van der Waals surface area contributed by atoms with E-state index in [0.29, 0.717) is 11.1 Å². The second-order valence-corrected chi connectivity index (χ2v) is 5.49. The standard InChI is InChI=1S/C21H22N/c1-15-9-12-21(22(4)14-15)20-13-18(11-10-17(20)3)19-8-6-5-7-16(19)2/h5-14H,1-4H3/q+1/i1D3,2D3. The second-order valence-electron chi connectivity index (χ2n) is 5.49. The molecular weight excluding hydrogens is 266 g/mol. The first kappa shape index (κ1) is 8.89. The minimum atomic E-state index is -2.20. The molecule has 110 valence electrons. The van der Waals surface area contributed by atoms with Crippen LogP contribution in [0.3, 0.4) is 0 Å². The molecule has 0 bridgehead atoms. The molecule has 0 aliphatic heterocycles. The first-order chi connectivity index (χ1) is 13.0. The molecule has 0 spiro atoms. The van der Waals surface area contributed by atoms with Crippen LogP contribution in [-0.2, 0) is 7.05 Å². The molecule has 22 heavy (non-hydrogen) atoms. The Hall–Kier alpha value is -2.41. The summed E-state index contributed by atoms with van der Waals surface area (Å²) in [5.41, 5.74) is 4.88. The van der Waals surface area contributed by atoms with Crippen LogP contribution in [0.4, 0.5) is 0 Å². The summed E-state index contributed by atoms with van der Waals surface area (Å²) >= 11 is 0. The van der Waals surface area contributed by atoms with Gasteiger partial charge >= 0.3 is 0 Å². The zero-order valence-corrected chi connectivity index (χ0v) is 12.7. The Kier molecular flexibility index (Phi) is 2.33. The van der Waals surface area contributed by atoms with Gasteiger partial charge in [-0.1, -0.05) is 36.4 Å². The molecule has 0 N–H and O–H groups in total. The number of benzene rings is 2. The van der Waals surface area contributed by atoms with Crippen LogP contribution in [0.2, 0.25) is 0 Å². The lowest BCUT2D eigenvalue weighted by molar-refractivity contribution is -0.660. The summed E-state index contributed by atoms with van der Waals surface area (Å²) in [6.45, 7) is -2.38. The molecule has 1 heterocycles. The number of rotatable bonds is 2. The highest BCUT2D eigenvalue weighted by molar-refractivity contribution is 5.74. The van der Waals surface area contributed by atoms with Crippen molar-refractivity contribution in [2.45, 2.75) is 20.6 Å². The third-order valence-corrected chi connectivity index (χ3v) is 3.89. The zero-order valence-electron chi connectivity index (χ0n) is 18.7. The van der Waals surface area contributed by atoms with Gasteiger partial charge in [0.25, 0.3) is 0 Å². The maximum absolute atomic E-state index is 7.82. The Labute approximate surface area is 141 Å². The Balaban J connectivity index is 2.15. The number of hydrogen-bond donors (Lipinski definition) is 0. The average molecular weight is 294 g/mol. The second kappa shape index (κ2) is 5.76. The van der Waals surface area contributed by atoms with Crippen LogP contribution in [0, 0.1) is 20.6 Å². The van der Waals surface area contributed by atoms with Gasteiger partial charge in [-0.3, -0.25) is 0 Å². The minimum Gasteiger partial charge on any atom is -0.201 e. The third kappa shape index (κ3) is 2.67. The fourth-order valence-corrected chi connectivity index (χ4v) is 2.69. The summed E-state index contributed by atoms with van der Waals surface area (Å²) in [5.74, 6) is 0. The van der Waals surface area contributed by atoms with Crippen LogP contribution in [0.15, 0.2) is 60.8 Å². The predicted molar refractivity (Wildman–Crippen MR) is 92.7 cm³/mol. The van der Waals surface area contributed by atoms with Crippen molar-refractivity contribution in [2.75, 3.05) is 0 Å². The van der Waals surface area contributed by atoms with Crippen LogP contribution in [-0.4, -0.2) is 0 Å². The largest absolute Gasteiger partial charge is 0.212 e. The van der Waals surface area contributed by atoms with E-state index in [4.69, 9.17) is 8.22 Å². The SMILES string of the molecule is [2H]C([2H])([2H])c1ccc(-c2cc(-c3ccccc3C([2H])([2H])[2H])ccc2C)[n+](C)c1. The Morgan fingerprint density at radius 1 is 0.864 bits per heavy atom. The number of hydrogen-bond acceptors (Lipinski definition) is 0. The van der Waals surface area contributed by atoms with E-state index in [9.17, 15) is 0 Å². The fraction of sp³-hybridized carbons (Fsp3) is 0.190. The van der Waals surface area contributed by atoms with E-state index in [1.807, 2.05) is 44.3 Å². The summed E-state index contributed by atoms with van der Waals surface area (Å²) in [4.78, 5) is 0. The molecule has 1 aromatic heterocycles. The molecule has 0 aliphatic carbocycles. The third-order valence-electron chi connectivity index (χ3n) is 3.89. The van der Waals surface area contributed by atoms with Gasteiger partial charge < -0.3 is 0 Å². The Morgan fingerprint density at radius 2 is 1.73 bits per heavy atom. The van der Waals surface area contributed by atoms with Crippen molar-refractivity contribution in [1.82, 2.24) is 0 Å². The van der Waals surface area contributed by atoms with Gasteiger partial charge in [-0.25, -0.2) is 4.57 Å². The molecule has 0 amide bonds. The van der Waals surface area contributed by atoms with Crippen molar-refractivity contribution in [1.29, 1.82) is 0 Å². The van der Waals surface area contributed by atoms with E-state index < -0.39 is 13.7 Å². The van der Waals surface area contributed by atoms with Gasteiger partial charge in [-0.2, -0.15) is 0 Å². The van der Waals surface area contributed by atoms with E-state index in [1.54, 1.807) is 35.0 Å². The Bertz CT molecular complexity index is 1020. The highest BCUT2D eigenvalue weighted by Crippen LogP contribution is 2.29. The summed E-state index contributed by atoms with van der Waals surface area (Å²) in [6, 6.07) is 16.3. The lowest BCUT2D eigenvalue weighted by atomic mass is 9.95. The zero-order chi connectivity index (χ0) is 20.7. The molecule has 2 aromatic carbocycles. The Morgan fingerprint density at radius 3 is 2.50 bits per heavy atom. The van der Waals surface area contributed by atoms with E-state index >= 15 is 0 Å². The highest BCUT2D eigenvalue weighted by Gasteiger charge is 2.14. The van der Waals surface area contributed by atoms with Crippen LogP contribution in [0.25, 0.3) is 22.4 Å². The summed E-state index contributed by atoms with van der Waals surface area (Å²) in [6.07, 6.45) is 1.62. The highest BCUT2D eigenvalue weighted by atomic mass is 14.9. The van der Waals surface area contributed by atoms with Gasteiger partial charge in [0.15, 0.2) is 6.20 Å². The first-order valence-electron chi connectivity index (χ1n) is 10.2. The van der Waals surface area contributed by atoms with E-state index in [1.165, 1.54) is 0 Å². The van der Waals surface area contributed by atoms with Gasteiger partial charge in [0.2, 0.25) is 5.69 Å². The normalized spacial score (nSPS) is 15.9. The minimum absolute atomic E-state index is 0.278. The number of aryl methyl sites for hydroxylation is 4. The van der Waals surface area contributed by atoms with E-state index in [-0.39, 0.29) is 5.56 Å². The number of pyridine rings is 1. The topological polar surface area (TPSA) is 3.88 Å². The first-order valence-corrected chi connectivity index (χ1v) is 7.19. The molecule has 1 nitrogen and oxygen atoms in total. The fourth-order valence-electron chi connectivity index (χ4n) is 2.69. The molecule has 0 saturated carbocycles. The molecule has 0 unspecified atom stereocenters. The quantitative estimate of drug-likeness (QED) is 0.599. The van der Waals surface area contributed by atoms with E-state index in [2.05, 4.69) is 0 Å². The molecule has 0 atom stereocenters. The van der Waals surface area contributed by atoms with Crippen molar-refractivity contribution in [3.63, 3.8) is 0 Å².